The average Bonchev–Trinajstić information content (AvgIpc) is 3.12. The normalized spacial score (nSPS) is 20.9. The Kier molecular flexibility index (Phi) is 5.19. The zero-order valence-electron chi connectivity index (χ0n) is 14.8. The maximum absolute atomic E-state index is 14.1. The lowest BCUT2D eigenvalue weighted by molar-refractivity contribution is -0.141. The number of piperidine rings is 1. The van der Waals surface area contributed by atoms with Crippen LogP contribution in [0.2, 0.25) is 0 Å². The molecule has 0 unspecified atom stereocenters. The molecular weight excluding hydrogens is 417 g/mol. The highest BCUT2D eigenvalue weighted by Crippen LogP contribution is 2.26. The van der Waals surface area contributed by atoms with E-state index in [-0.39, 0.29) is 23.5 Å². The zero-order chi connectivity index (χ0) is 19.0. The molecular formula is C19H21BrFN3O3. The molecule has 1 aromatic carbocycles. The summed E-state index contributed by atoms with van der Waals surface area (Å²) in [6, 6.07) is 4.67. The average molecular weight is 438 g/mol. The second-order valence-corrected chi connectivity index (χ2v) is 7.98. The summed E-state index contributed by atoms with van der Waals surface area (Å²) in [5, 5.41) is 0.388. The molecule has 6 nitrogen and oxygen atoms in total. The number of fused-ring (bicyclic) bond motifs is 1. The van der Waals surface area contributed by atoms with Crippen LogP contribution in [0.15, 0.2) is 22.7 Å². The Labute approximate surface area is 164 Å². The van der Waals surface area contributed by atoms with Gasteiger partial charge < -0.3 is 19.5 Å². The molecule has 1 N–H and O–H groups in total. The Morgan fingerprint density at radius 1 is 1.15 bits per heavy atom. The third-order valence-corrected chi connectivity index (χ3v) is 5.72. The lowest BCUT2D eigenvalue weighted by Crippen LogP contribution is -2.49. The molecule has 144 valence electrons. The summed E-state index contributed by atoms with van der Waals surface area (Å²) < 4.78 is 20.0. The smallest absolute Gasteiger partial charge is 0.270 e. The van der Waals surface area contributed by atoms with Crippen LogP contribution in [0.25, 0.3) is 10.9 Å². The molecule has 0 saturated carbocycles. The number of morpholine rings is 1. The van der Waals surface area contributed by atoms with E-state index in [9.17, 15) is 14.0 Å². The van der Waals surface area contributed by atoms with Crippen LogP contribution in [-0.4, -0.2) is 66.0 Å². The number of aromatic nitrogens is 1. The van der Waals surface area contributed by atoms with Gasteiger partial charge in [-0.25, -0.2) is 4.39 Å². The van der Waals surface area contributed by atoms with Crippen LogP contribution in [0.4, 0.5) is 4.39 Å². The number of likely N-dealkylation sites (tertiary alicyclic amines) is 1. The maximum Gasteiger partial charge on any atom is 0.270 e. The number of nitrogens with one attached hydrogen (secondary N) is 1. The Hall–Kier alpha value is -1.93. The van der Waals surface area contributed by atoms with Crippen molar-refractivity contribution in [3.8, 4) is 0 Å². The molecule has 3 heterocycles. The van der Waals surface area contributed by atoms with E-state index in [4.69, 9.17) is 4.74 Å². The molecule has 0 spiro atoms. The first-order chi connectivity index (χ1) is 13.0. The van der Waals surface area contributed by atoms with Crippen LogP contribution in [-0.2, 0) is 9.53 Å². The topological polar surface area (TPSA) is 65.6 Å². The first kappa shape index (κ1) is 18.4. The standard InChI is InChI=1S/C19H21BrFN3O3/c20-13-8-15(21)14-10-17(22-16(14)9-13)19(26)24-3-1-2-12(11-24)18(25)23-4-6-27-7-5-23/h8-10,12,22H,1-7,11H2/t12-/m1/s1. The Morgan fingerprint density at radius 3 is 2.70 bits per heavy atom. The minimum Gasteiger partial charge on any atom is -0.378 e. The number of rotatable bonds is 2. The second-order valence-electron chi connectivity index (χ2n) is 7.06. The fourth-order valence-corrected chi connectivity index (χ4v) is 4.28. The van der Waals surface area contributed by atoms with Gasteiger partial charge in [0.15, 0.2) is 0 Å². The van der Waals surface area contributed by atoms with Crippen molar-refractivity contribution in [1.29, 1.82) is 0 Å². The quantitative estimate of drug-likeness (QED) is 0.785. The zero-order valence-corrected chi connectivity index (χ0v) is 16.4. The van der Waals surface area contributed by atoms with Crippen LogP contribution in [0, 0.1) is 11.7 Å². The number of benzene rings is 1. The lowest BCUT2D eigenvalue weighted by atomic mass is 9.96. The number of carbonyl (C=O) groups is 2. The van der Waals surface area contributed by atoms with E-state index in [0.717, 1.165) is 12.8 Å². The number of aromatic amines is 1. The van der Waals surface area contributed by atoms with Gasteiger partial charge in [-0.2, -0.15) is 0 Å². The summed E-state index contributed by atoms with van der Waals surface area (Å²) in [6.45, 7) is 3.36. The third kappa shape index (κ3) is 3.73. The summed E-state index contributed by atoms with van der Waals surface area (Å²) >= 11 is 3.26. The number of halogens is 2. The number of amides is 2. The maximum atomic E-state index is 14.1. The minimum atomic E-state index is -0.381. The van der Waals surface area contributed by atoms with E-state index in [1.165, 1.54) is 6.07 Å². The summed E-state index contributed by atoms with van der Waals surface area (Å²) in [5.74, 6) is -0.659. The molecule has 2 aromatic rings. The van der Waals surface area contributed by atoms with E-state index < -0.39 is 0 Å². The van der Waals surface area contributed by atoms with Gasteiger partial charge in [-0.1, -0.05) is 15.9 Å². The van der Waals surface area contributed by atoms with Gasteiger partial charge in [-0.3, -0.25) is 9.59 Å². The molecule has 2 fully saturated rings. The predicted molar refractivity (Wildman–Crippen MR) is 102 cm³/mol. The first-order valence-electron chi connectivity index (χ1n) is 9.16. The molecule has 0 aliphatic carbocycles. The highest BCUT2D eigenvalue weighted by Gasteiger charge is 2.32. The van der Waals surface area contributed by atoms with E-state index >= 15 is 0 Å². The number of hydrogen-bond acceptors (Lipinski definition) is 3. The van der Waals surface area contributed by atoms with Gasteiger partial charge >= 0.3 is 0 Å². The first-order valence-corrected chi connectivity index (χ1v) is 9.96. The van der Waals surface area contributed by atoms with E-state index in [1.54, 1.807) is 17.0 Å². The summed E-state index contributed by atoms with van der Waals surface area (Å²) in [5.41, 5.74) is 0.921. The second kappa shape index (κ2) is 7.59. The van der Waals surface area contributed by atoms with Gasteiger partial charge in [-0.05, 0) is 31.0 Å². The van der Waals surface area contributed by atoms with Crippen molar-refractivity contribution in [2.75, 3.05) is 39.4 Å². The number of H-pyrrole nitrogens is 1. The van der Waals surface area contributed by atoms with Gasteiger partial charge in [0.05, 0.1) is 24.6 Å². The minimum absolute atomic E-state index is 0.0995. The molecule has 2 amide bonds. The molecule has 1 atom stereocenters. The number of nitrogens with zero attached hydrogens (tertiary/aromatic N) is 2. The van der Waals surface area contributed by atoms with E-state index in [2.05, 4.69) is 20.9 Å². The SMILES string of the molecule is O=C(c1cc2c(F)cc(Br)cc2[nH]1)N1CCC[C@@H](C(=O)N2CCOCC2)C1. The molecule has 2 aliphatic heterocycles. The summed E-state index contributed by atoms with van der Waals surface area (Å²) in [7, 11) is 0. The van der Waals surface area contributed by atoms with Gasteiger partial charge in [0.2, 0.25) is 5.91 Å². The third-order valence-electron chi connectivity index (χ3n) is 5.26. The summed E-state index contributed by atoms with van der Waals surface area (Å²) in [4.78, 5) is 32.2. The molecule has 2 aliphatic rings. The number of carbonyl (C=O) groups excluding carboxylic acids is 2. The highest BCUT2D eigenvalue weighted by atomic mass is 79.9. The van der Waals surface area contributed by atoms with Gasteiger partial charge in [-0.15, -0.1) is 0 Å². The molecule has 2 saturated heterocycles. The largest absolute Gasteiger partial charge is 0.378 e. The molecule has 1 aromatic heterocycles. The van der Waals surface area contributed by atoms with Crippen molar-refractivity contribution in [1.82, 2.24) is 14.8 Å². The van der Waals surface area contributed by atoms with Gasteiger partial charge in [0, 0.05) is 36.0 Å². The van der Waals surface area contributed by atoms with E-state index in [1.807, 2.05) is 4.90 Å². The fraction of sp³-hybridized carbons (Fsp3) is 0.474. The number of ether oxygens (including phenoxy) is 1. The van der Waals surface area contributed by atoms with E-state index in [0.29, 0.717) is 60.5 Å². The monoisotopic (exact) mass is 437 g/mol. The van der Waals surface area contributed by atoms with Crippen LogP contribution < -0.4 is 0 Å². The molecule has 4 rings (SSSR count). The van der Waals surface area contributed by atoms with Gasteiger partial charge in [0.25, 0.3) is 5.91 Å². The van der Waals surface area contributed by atoms with Crippen molar-refractivity contribution >= 4 is 38.6 Å². The molecule has 0 bridgehead atoms. The van der Waals surface area contributed by atoms with Crippen LogP contribution in [0.1, 0.15) is 23.3 Å². The highest BCUT2D eigenvalue weighted by molar-refractivity contribution is 9.10. The van der Waals surface area contributed by atoms with Gasteiger partial charge in [0.1, 0.15) is 11.5 Å². The van der Waals surface area contributed by atoms with Crippen LogP contribution in [0.5, 0.6) is 0 Å². The van der Waals surface area contributed by atoms with Crippen LogP contribution in [0.3, 0.4) is 0 Å². The Morgan fingerprint density at radius 2 is 1.93 bits per heavy atom. The molecule has 8 heteroatoms. The Bertz CT molecular complexity index is 878. The van der Waals surface area contributed by atoms with Crippen LogP contribution >= 0.6 is 15.9 Å². The lowest BCUT2D eigenvalue weighted by Gasteiger charge is -2.36. The number of hydrogen-bond donors (Lipinski definition) is 1. The van der Waals surface area contributed by atoms with Crippen molar-refractivity contribution < 1.29 is 18.7 Å². The summed E-state index contributed by atoms with van der Waals surface area (Å²) in [6.07, 6.45) is 1.57. The predicted octanol–water partition coefficient (Wildman–Crippen LogP) is 2.78. The van der Waals surface area contributed by atoms with Crippen molar-refractivity contribution in [3.63, 3.8) is 0 Å². The molecule has 27 heavy (non-hydrogen) atoms. The van der Waals surface area contributed by atoms with Crippen molar-refractivity contribution in [2.24, 2.45) is 5.92 Å². The van der Waals surface area contributed by atoms with Crippen molar-refractivity contribution in [2.45, 2.75) is 12.8 Å². The fourth-order valence-electron chi connectivity index (χ4n) is 3.85. The van der Waals surface area contributed by atoms with Crippen molar-refractivity contribution in [3.05, 3.63) is 34.2 Å². The molecule has 0 radical (unpaired) electrons. The Balaban J connectivity index is 1.50.